The van der Waals surface area contributed by atoms with Crippen LogP contribution in [0.25, 0.3) is 5.69 Å². The van der Waals surface area contributed by atoms with Gasteiger partial charge in [-0.2, -0.15) is 10.4 Å². The minimum Gasteiger partial charge on any atom is -0.465 e. The number of nitrogens with zero attached hydrogens (tertiary/aromatic N) is 5. The van der Waals surface area contributed by atoms with Crippen LogP contribution in [0.1, 0.15) is 30.9 Å². The summed E-state index contributed by atoms with van der Waals surface area (Å²) in [6.07, 6.45) is 7.46. The third-order valence-corrected chi connectivity index (χ3v) is 5.38. The smallest absolute Gasteiger partial charge is 0.404 e. The zero-order valence-electron chi connectivity index (χ0n) is 18.1. The van der Waals surface area contributed by atoms with E-state index >= 15 is 0 Å². The minimum atomic E-state index is -1.15. The van der Waals surface area contributed by atoms with Crippen molar-refractivity contribution < 1.29 is 14.3 Å². The van der Waals surface area contributed by atoms with Crippen molar-refractivity contribution in [3.8, 4) is 11.8 Å². The maximum Gasteiger partial charge on any atom is 0.404 e. The second-order valence-electron chi connectivity index (χ2n) is 8.09. The predicted molar refractivity (Wildman–Crippen MR) is 119 cm³/mol. The molecule has 0 bridgehead atoms. The average Bonchev–Trinajstić information content (AvgIpc) is 3.52. The molecule has 2 atom stereocenters. The molecule has 1 aliphatic carbocycles. The first-order valence-electron chi connectivity index (χ1n) is 10.4. The number of rotatable bonds is 8. The van der Waals surface area contributed by atoms with Crippen molar-refractivity contribution in [2.24, 2.45) is 5.92 Å². The van der Waals surface area contributed by atoms with Crippen LogP contribution in [0.15, 0.2) is 36.9 Å². The van der Waals surface area contributed by atoms with Crippen molar-refractivity contribution in [2.45, 2.75) is 38.8 Å². The number of pyridine rings is 2. The number of hydrogen-bond donors (Lipinski definition) is 4. The summed E-state index contributed by atoms with van der Waals surface area (Å²) in [4.78, 5) is 19.6. The van der Waals surface area contributed by atoms with E-state index in [0.29, 0.717) is 11.4 Å². The molecule has 4 rings (SSSR count). The number of aryl methyl sites for hydroxylation is 1. The molecule has 1 saturated carbocycles. The molecule has 170 valence electrons. The molecule has 0 spiro atoms. The molecule has 4 N–H and O–H groups in total. The highest BCUT2D eigenvalue weighted by atomic mass is 19.1. The Bertz CT molecular complexity index is 1220. The second kappa shape index (κ2) is 9.12. The monoisotopic (exact) mass is 450 g/mol. The Balaban J connectivity index is 1.61. The number of carbonyl (C=O) groups is 1. The first-order valence-corrected chi connectivity index (χ1v) is 10.4. The molecular formula is C22H23FN8O2. The van der Waals surface area contributed by atoms with Crippen molar-refractivity contribution >= 4 is 23.4 Å². The number of aromatic nitrogens is 4. The number of hydrogen-bond acceptors (Lipinski definition) is 7. The van der Waals surface area contributed by atoms with Crippen LogP contribution >= 0.6 is 0 Å². The number of anilines is 3. The fraction of sp³-hybridized carbons (Fsp3) is 0.318. The molecule has 1 amide bonds. The molecule has 33 heavy (non-hydrogen) atoms. The number of carboxylic acid groups (broad SMARTS) is 1. The summed E-state index contributed by atoms with van der Waals surface area (Å²) in [5.41, 5.74) is 2.27. The zero-order chi connectivity index (χ0) is 23.5. The quantitative estimate of drug-likeness (QED) is 0.408. The molecule has 3 heterocycles. The van der Waals surface area contributed by atoms with Crippen LogP contribution in [-0.2, 0) is 0 Å². The normalized spacial score (nSPS) is 14.7. The van der Waals surface area contributed by atoms with Gasteiger partial charge in [0.05, 0.1) is 41.6 Å². The lowest BCUT2D eigenvalue weighted by Crippen LogP contribution is -2.45. The second-order valence-corrected chi connectivity index (χ2v) is 8.09. The molecule has 1 fully saturated rings. The van der Waals surface area contributed by atoms with E-state index in [4.69, 9.17) is 5.11 Å². The van der Waals surface area contributed by atoms with Gasteiger partial charge < -0.3 is 21.1 Å². The summed E-state index contributed by atoms with van der Waals surface area (Å²) in [6, 6.07) is 4.04. The lowest BCUT2D eigenvalue weighted by atomic mass is 10.0. The number of nitriles is 1. The molecule has 0 unspecified atom stereocenters. The minimum absolute atomic E-state index is 0.0260. The van der Waals surface area contributed by atoms with Gasteiger partial charge in [0.15, 0.2) is 17.5 Å². The SMILES string of the molecule is Cc1cnn(-c2cncc(Nc3nc(N[C@@H](C4CC4)[C@H](C)NC(=O)O)c(F)cc3C#N)c2)c1. The maximum absolute atomic E-state index is 14.7. The Kier molecular flexibility index (Phi) is 6.08. The maximum atomic E-state index is 14.7. The topological polar surface area (TPSA) is 141 Å². The third kappa shape index (κ3) is 5.17. The van der Waals surface area contributed by atoms with Gasteiger partial charge in [-0.25, -0.2) is 18.9 Å². The van der Waals surface area contributed by atoms with E-state index in [9.17, 15) is 14.4 Å². The van der Waals surface area contributed by atoms with Gasteiger partial charge in [-0.1, -0.05) is 0 Å². The highest BCUT2D eigenvalue weighted by molar-refractivity contribution is 5.67. The van der Waals surface area contributed by atoms with Gasteiger partial charge in [-0.3, -0.25) is 4.98 Å². The van der Waals surface area contributed by atoms with E-state index in [1.165, 1.54) is 0 Å². The third-order valence-electron chi connectivity index (χ3n) is 5.38. The van der Waals surface area contributed by atoms with E-state index in [2.05, 4.69) is 31.0 Å². The average molecular weight is 450 g/mol. The van der Waals surface area contributed by atoms with Crippen molar-refractivity contribution in [2.75, 3.05) is 10.6 Å². The van der Waals surface area contributed by atoms with Gasteiger partial charge in [0.1, 0.15) is 6.07 Å². The van der Waals surface area contributed by atoms with Gasteiger partial charge in [0.25, 0.3) is 0 Å². The summed E-state index contributed by atoms with van der Waals surface area (Å²) >= 11 is 0. The van der Waals surface area contributed by atoms with Crippen LogP contribution in [0, 0.1) is 30.0 Å². The van der Waals surface area contributed by atoms with Gasteiger partial charge in [0, 0.05) is 12.2 Å². The van der Waals surface area contributed by atoms with Crippen LogP contribution in [0.3, 0.4) is 0 Å². The Labute approximate surface area is 189 Å². The first kappa shape index (κ1) is 22.0. The first-order chi connectivity index (χ1) is 15.8. The van der Waals surface area contributed by atoms with E-state index in [1.54, 1.807) is 36.3 Å². The van der Waals surface area contributed by atoms with Crippen molar-refractivity contribution in [3.05, 3.63) is 53.9 Å². The fourth-order valence-corrected chi connectivity index (χ4v) is 3.63. The number of nitrogens with one attached hydrogen (secondary N) is 3. The van der Waals surface area contributed by atoms with E-state index in [1.807, 2.05) is 19.2 Å². The van der Waals surface area contributed by atoms with Crippen molar-refractivity contribution in [1.82, 2.24) is 25.1 Å². The van der Waals surface area contributed by atoms with Gasteiger partial charge in [-0.05, 0) is 50.3 Å². The Morgan fingerprint density at radius 1 is 1.30 bits per heavy atom. The Hall–Kier alpha value is -4.20. The highest BCUT2D eigenvalue weighted by Crippen LogP contribution is 2.36. The van der Waals surface area contributed by atoms with Crippen molar-refractivity contribution in [3.63, 3.8) is 0 Å². The van der Waals surface area contributed by atoms with E-state index in [0.717, 1.165) is 24.5 Å². The highest BCUT2D eigenvalue weighted by Gasteiger charge is 2.36. The largest absolute Gasteiger partial charge is 0.465 e. The number of amides is 1. The van der Waals surface area contributed by atoms with Crippen LogP contribution in [0.5, 0.6) is 0 Å². The molecule has 0 radical (unpaired) electrons. The Morgan fingerprint density at radius 2 is 2.09 bits per heavy atom. The van der Waals surface area contributed by atoms with Crippen LogP contribution in [0.4, 0.5) is 26.5 Å². The lowest BCUT2D eigenvalue weighted by molar-refractivity contribution is 0.188. The summed E-state index contributed by atoms with van der Waals surface area (Å²) in [7, 11) is 0. The predicted octanol–water partition coefficient (Wildman–Crippen LogP) is 3.57. The van der Waals surface area contributed by atoms with E-state index < -0.39 is 18.0 Å². The molecule has 0 aliphatic heterocycles. The van der Waals surface area contributed by atoms with Crippen LogP contribution in [-0.4, -0.2) is 43.0 Å². The summed E-state index contributed by atoms with van der Waals surface area (Å²) in [5, 5.41) is 31.3. The lowest BCUT2D eigenvalue weighted by Gasteiger charge is -2.26. The summed E-state index contributed by atoms with van der Waals surface area (Å²) in [5.74, 6) is -0.382. The fourth-order valence-electron chi connectivity index (χ4n) is 3.63. The van der Waals surface area contributed by atoms with Crippen LogP contribution in [0.2, 0.25) is 0 Å². The van der Waals surface area contributed by atoms with Gasteiger partial charge >= 0.3 is 6.09 Å². The molecule has 0 saturated heterocycles. The van der Waals surface area contributed by atoms with Crippen molar-refractivity contribution in [1.29, 1.82) is 5.26 Å². The number of halogens is 1. The molecule has 10 nitrogen and oxygen atoms in total. The molecule has 1 aliphatic rings. The summed E-state index contributed by atoms with van der Waals surface area (Å²) in [6.45, 7) is 3.65. The molecule has 3 aromatic rings. The van der Waals surface area contributed by atoms with Crippen LogP contribution < -0.4 is 16.0 Å². The molecule has 11 heteroatoms. The summed E-state index contributed by atoms with van der Waals surface area (Å²) < 4.78 is 16.4. The molecule has 3 aromatic heterocycles. The van der Waals surface area contributed by atoms with E-state index in [-0.39, 0.29) is 29.2 Å². The van der Waals surface area contributed by atoms with Gasteiger partial charge in [-0.15, -0.1) is 0 Å². The Morgan fingerprint density at radius 3 is 2.73 bits per heavy atom. The van der Waals surface area contributed by atoms with Gasteiger partial charge in [0.2, 0.25) is 0 Å². The molecule has 0 aromatic carbocycles. The molecular weight excluding hydrogens is 427 g/mol. The standard InChI is InChI=1S/C22H23FN8O2/c1-12-8-26-31(11-12)17-6-16(9-25-10-17)28-20-15(7-24)5-18(23)21(30-20)29-19(14-3-4-14)13(2)27-22(32)33/h5-6,8-11,13-14,19,27H,3-4H2,1-2H3,(H,32,33)(H2,28,29,30)/t13-,19+/m0/s1. The zero-order valence-corrected chi connectivity index (χ0v) is 18.1.